The molecule has 0 aliphatic carbocycles. The lowest BCUT2D eigenvalue weighted by molar-refractivity contribution is -0.00254. The minimum Gasteiger partial charge on any atom is -0.379 e. The molecule has 0 aromatic rings. The number of ether oxygens (including phenoxy) is 2. The van der Waals surface area contributed by atoms with Gasteiger partial charge in [-0.2, -0.15) is 11.8 Å². The number of hydrogen-bond acceptors (Lipinski definition) is 5. The molecule has 4 unspecified atom stereocenters. The number of nitrogens with zero attached hydrogens (tertiary/aromatic N) is 2. The summed E-state index contributed by atoms with van der Waals surface area (Å²) in [5, 5.41) is 1.75. The van der Waals surface area contributed by atoms with Gasteiger partial charge >= 0.3 is 0 Å². The van der Waals surface area contributed by atoms with Gasteiger partial charge in [0.1, 0.15) is 0 Å². The zero-order chi connectivity index (χ0) is 14.1. The third kappa shape index (κ3) is 3.13. The van der Waals surface area contributed by atoms with E-state index < -0.39 is 0 Å². The van der Waals surface area contributed by atoms with Crippen LogP contribution in [0, 0.1) is 0 Å². The summed E-state index contributed by atoms with van der Waals surface area (Å²) in [5.74, 6) is 0. The normalized spacial score (nSPS) is 42.9. The van der Waals surface area contributed by atoms with Crippen LogP contribution in [0.1, 0.15) is 25.7 Å². The van der Waals surface area contributed by atoms with Gasteiger partial charge in [0.25, 0.3) is 0 Å². The van der Waals surface area contributed by atoms with E-state index >= 15 is 0 Å². The Kier molecular flexibility index (Phi) is 4.74. The third-order valence-electron chi connectivity index (χ3n) is 5.73. The molecule has 5 heteroatoms. The minimum atomic E-state index is 0.820. The number of fused-ring (bicyclic) bond motifs is 2. The van der Waals surface area contributed by atoms with Gasteiger partial charge in [0.05, 0.1) is 26.4 Å². The van der Waals surface area contributed by atoms with Crippen molar-refractivity contribution in [2.45, 2.75) is 48.3 Å². The van der Waals surface area contributed by atoms with Crippen molar-refractivity contribution in [3.8, 4) is 0 Å². The van der Waals surface area contributed by atoms with Crippen molar-refractivity contribution in [3.63, 3.8) is 0 Å². The van der Waals surface area contributed by atoms with E-state index in [1.807, 2.05) is 0 Å². The highest BCUT2D eigenvalue weighted by Gasteiger charge is 2.43. The Balaban J connectivity index is 1.37. The number of thioether (sulfide) groups is 1. The maximum absolute atomic E-state index is 5.52. The van der Waals surface area contributed by atoms with E-state index in [4.69, 9.17) is 9.47 Å². The number of rotatable bonds is 2. The average Bonchev–Trinajstić information content (AvgIpc) is 2.57. The zero-order valence-corrected chi connectivity index (χ0v) is 13.7. The average molecular weight is 312 g/mol. The predicted molar refractivity (Wildman–Crippen MR) is 86.0 cm³/mol. The lowest BCUT2D eigenvalue weighted by Crippen LogP contribution is -2.57. The molecule has 4 atom stereocenters. The molecule has 4 nitrogen and oxygen atoms in total. The van der Waals surface area contributed by atoms with Crippen molar-refractivity contribution in [2.75, 3.05) is 52.6 Å². The molecule has 0 amide bonds. The molecular formula is C16H28N2O2S. The Morgan fingerprint density at radius 3 is 1.48 bits per heavy atom. The highest BCUT2D eigenvalue weighted by atomic mass is 32.2. The largest absolute Gasteiger partial charge is 0.379 e. The fraction of sp³-hybridized carbons (Fsp3) is 1.00. The van der Waals surface area contributed by atoms with Crippen LogP contribution < -0.4 is 0 Å². The zero-order valence-electron chi connectivity index (χ0n) is 12.9. The summed E-state index contributed by atoms with van der Waals surface area (Å²) in [5.41, 5.74) is 0. The SMILES string of the molecule is C1CN(C2CCC3SC2CCC3N2CCOCC2)CCO1. The van der Waals surface area contributed by atoms with Gasteiger partial charge in [-0.25, -0.2) is 0 Å². The van der Waals surface area contributed by atoms with E-state index in [0.717, 1.165) is 75.2 Å². The van der Waals surface area contributed by atoms with Crippen molar-refractivity contribution < 1.29 is 9.47 Å². The Hall–Kier alpha value is 0.190. The van der Waals surface area contributed by atoms with Crippen LogP contribution in [0.2, 0.25) is 0 Å². The first-order chi connectivity index (χ1) is 10.4. The summed E-state index contributed by atoms with van der Waals surface area (Å²) in [4.78, 5) is 5.43. The number of hydrogen-bond donors (Lipinski definition) is 0. The van der Waals surface area contributed by atoms with E-state index in [9.17, 15) is 0 Å². The van der Waals surface area contributed by atoms with Gasteiger partial charge in [-0.1, -0.05) is 0 Å². The van der Waals surface area contributed by atoms with Crippen molar-refractivity contribution in [1.82, 2.24) is 9.80 Å². The van der Waals surface area contributed by atoms with Crippen molar-refractivity contribution >= 4 is 11.8 Å². The van der Waals surface area contributed by atoms with E-state index in [0.29, 0.717) is 0 Å². The molecule has 0 N–H and O–H groups in total. The second kappa shape index (κ2) is 6.75. The molecule has 120 valence electrons. The summed E-state index contributed by atoms with van der Waals surface area (Å²) in [6.07, 6.45) is 5.63. The lowest BCUT2D eigenvalue weighted by Gasteiger charge is -2.51. The molecule has 0 aromatic carbocycles. The van der Waals surface area contributed by atoms with Crippen LogP contribution in [-0.2, 0) is 9.47 Å². The molecule has 21 heavy (non-hydrogen) atoms. The summed E-state index contributed by atoms with van der Waals surface area (Å²) >= 11 is 2.31. The van der Waals surface area contributed by atoms with Crippen molar-refractivity contribution in [1.29, 1.82) is 0 Å². The van der Waals surface area contributed by atoms with Gasteiger partial charge in [0.15, 0.2) is 0 Å². The van der Waals surface area contributed by atoms with Gasteiger partial charge < -0.3 is 9.47 Å². The first-order valence-electron chi connectivity index (χ1n) is 8.71. The molecule has 4 rings (SSSR count). The molecule has 4 heterocycles. The molecule has 4 fully saturated rings. The van der Waals surface area contributed by atoms with Crippen molar-refractivity contribution in [3.05, 3.63) is 0 Å². The number of morpholine rings is 2. The first-order valence-corrected chi connectivity index (χ1v) is 9.65. The second-order valence-corrected chi connectivity index (χ2v) is 8.28. The first kappa shape index (κ1) is 14.8. The Morgan fingerprint density at radius 1 is 0.619 bits per heavy atom. The van der Waals surface area contributed by atoms with Crippen LogP contribution in [0.15, 0.2) is 0 Å². The quantitative estimate of drug-likeness (QED) is 0.768. The maximum atomic E-state index is 5.52. The fourth-order valence-corrected chi connectivity index (χ4v) is 6.59. The van der Waals surface area contributed by atoms with E-state index in [1.165, 1.54) is 25.7 Å². The monoisotopic (exact) mass is 312 g/mol. The smallest absolute Gasteiger partial charge is 0.0594 e. The van der Waals surface area contributed by atoms with E-state index in [1.54, 1.807) is 0 Å². The topological polar surface area (TPSA) is 24.9 Å². The molecule has 4 aliphatic rings. The maximum Gasteiger partial charge on any atom is 0.0594 e. The Labute approximate surface area is 132 Å². The molecule has 0 radical (unpaired) electrons. The van der Waals surface area contributed by atoms with Gasteiger partial charge in [-0.3, -0.25) is 9.80 Å². The molecular weight excluding hydrogens is 284 g/mol. The standard InChI is InChI=1S/C16H28N2O2S/c1-3-15-14(18-7-11-20-12-8-18)2-4-16(21-15)13(1)17-5-9-19-10-6-17/h13-16H,1-12H2. The van der Waals surface area contributed by atoms with Crippen molar-refractivity contribution in [2.24, 2.45) is 0 Å². The molecule has 4 aliphatic heterocycles. The highest BCUT2D eigenvalue weighted by Crippen LogP contribution is 2.45. The highest BCUT2D eigenvalue weighted by molar-refractivity contribution is 8.00. The predicted octanol–water partition coefficient (Wildman–Crippen LogP) is 1.45. The Morgan fingerprint density at radius 2 is 1.05 bits per heavy atom. The minimum absolute atomic E-state index is 0.820. The summed E-state index contributed by atoms with van der Waals surface area (Å²) < 4.78 is 11.0. The second-order valence-electron chi connectivity index (χ2n) is 6.80. The van der Waals surface area contributed by atoms with Gasteiger partial charge in [-0.05, 0) is 25.7 Å². The summed E-state index contributed by atoms with van der Waals surface area (Å²) in [6.45, 7) is 8.36. The van der Waals surface area contributed by atoms with Crippen LogP contribution in [0.5, 0.6) is 0 Å². The Bertz CT molecular complexity index is 313. The van der Waals surface area contributed by atoms with Crippen LogP contribution in [0.3, 0.4) is 0 Å². The van der Waals surface area contributed by atoms with Gasteiger partial charge in [0, 0.05) is 48.8 Å². The van der Waals surface area contributed by atoms with Gasteiger partial charge in [0.2, 0.25) is 0 Å². The van der Waals surface area contributed by atoms with E-state index in [-0.39, 0.29) is 0 Å². The molecule has 0 saturated carbocycles. The summed E-state index contributed by atoms with van der Waals surface area (Å²) in [7, 11) is 0. The van der Waals surface area contributed by atoms with E-state index in [2.05, 4.69) is 21.6 Å². The van der Waals surface area contributed by atoms with Crippen LogP contribution in [0.25, 0.3) is 0 Å². The molecule has 0 spiro atoms. The van der Waals surface area contributed by atoms with Crippen LogP contribution in [-0.4, -0.2) is 85.0 Å². The van der Waals surface area contributed by atoms with Gasteiger partial charge in [-0.15, -0.1) is 0 Å². The van der Waals surface area contributed by atoms with Crippen LogP contribution in [0.4, 0.5) is 0 Å². The third-order valence-corrected chi connectivity index (χ3v) is 7.53. The summed E-state index contributed by atoms with van der Waals surface area (Å²) in [6, 6.07) is 1.64. The fourth-order valence-electron chi connectivity index (χ4n) is 4.62. The van der Waals surface area contributed by atoms with Crippen LogP contribution >= 0.6 is 11.8 Å². The molecule has 4 saturated heterocycles. The lowest BCUT2D eigenvalue weighted by atomic mass is 9.89. The molecule has 0 aromatic heterocycles. The molecule has 2 bridgehead atoms.